The second kappa shape index (κ2) is 4.84. The Morgan fingerprint density at radius 3 is 2.80 bits per heavy atom. The Morgan fingerprint density at radius 2 is 2.27 bits per heavy atom. The Labute approximate surface area is 87.0 Å². The molecule has 0 aliphatic carbocycles. The van der Waals surface area contributed by atoms with Gasteiger partial charge in [0.2, 0.25) is 0 Å². The molecule has 0 fully saturated rings. The van der Waals surface area contributed by atoms with Crippen LogP contribution in [0.1, 0.15) is 23.7 Å². The zero-order chi connectivity index (χ0) is 11.4. The summed E-state index contributed by atoms with van der Waals surface area (Å²) in [6.07, 6.45) is -1.26. The summed E-state index contributed by atoms with van der Waals surface area (Å²) < 4.78 is 13.6. The maximum absolute atomic E-state index is 13.6. The Morgan fingerprint density at radius 1 is 1.60 bits per heavy atom. The van der Waals surface area contributed by atoms with E-state index in [1.807, 2.05) is 0 Å². The molecule has 0 aromatic heterocycles. The van der Waals surface area contributed by atoms with E-state index in [-0.39, 0.29) is 24.2 Å². The quantitative estimate of drug-likeness (QED) is 0.614. The van der Waals surface area contributed by atoms with Crippen LogP contribution >= 0.6 is 0 Å². The van der Waals surface area contributed by atoms with Gasteiger partial charge < -0.3 is 5.73 Å². The van der Waals surface area contributed by atoms with Crippen LogP contribution in [0.5, 0.6) is 0 Å². The Balaban J connectivity index is 3.16. The Bertz CT molecular complexity index is 368. The summed E-state index contributed by atoms with van der Waals surface area (Å²) in [5.74, 6) is 0. The molecule has 1 aromatic rings. The number of halogens is 1. The number of nitro groups is 1. The molecule has 82 valence electrons. The van der Waals surface area contributed by atoms with Gasteiger partial charge in [-0.25, -0.2) is 4.39 Å². The number of nitrogens with two attached hydrogens (primary N) is 1. The van der Waals surface area contributed by atoms with E-state index in [9.17, 15) is 14.5 Å². The highest BCUT2D eigenvalue weighted by atomic mass is 19.1. The number of hydrogen-bond acceptors (Lipinski definition) is 3. The summed E-state index contributed by atoms with van der Waals surface area (Å²) in [7, 11) is 0. The summed E-state index contributed by atoms with van der Waals surface area (Å²) >= 11 is 0. The minimum absolute atomic E-state index is 0.101. The van der Waals surface area contributed by atoms with Gasteiger partial charge in [0.25, 0.3) is 5.69 Å². The molecule has 4 nitrogen and oxygen atoms in total. The maximum Gasteiger partial charge on any atom is 0.278 e. The SMILES string of the molecule is Cc1cccc(C(F)CCN)c1[N+](=O)[O-]. The van der Waals surface area contributed by atoms with Crippen LogP contribution in [0.4, 0.5) is 10.1 Å². The lowest BCUT2D eigenvalue weighted by molar-refractivity contribution is -0.386. The topological polar surface area (TPSA) is 69.2 Å². The van der Waals surface area contributed by atoms with Gasteiger partial charge >= 0.3 is 0 Å². The molecule has 1 unspecified atom stereocenters. The van der Waals surface area contributed by atoms with Gasteiger partial charge in [-0.3, -0.25) is 10.1 Å². The third kappa shape index (κ3) is 2.50. The van der Waals surface area contributed by atoms with E-state index in [0.29, 0.717) is 5.56 Å². The van der Waals surface area contributed by atoms with E-state index in [4.69, 9.17) is 5.73 Å². The maximum atomic E-state index is 13.6. The number of para-hydroxylation sites is 1. The molecule has 5 heteroatoms. The predicted molar refractivity (Wildman–Crippen MR) is 55.4 cm³/mol. The smallest absolute Gasteiger partial charge is 0.278 e. The number of nitrogens with zero attached hydrogens (tertiary/aromatic N) is 1. The van der Waals surface area contributed by atoms with Crippen molar-refractivity contribution < 1.29 is 9.31 Å². The van der Waals surface area contributed by atoms with Crippen molar-refractivity contribution in [3.63, 3.8) is 0 Å². The molecule has 0 heterocycles. The van der Waals surface area contributed by atoms with Crippen molar-refractivity contribution >= 4 is 5.69 Å². The summed E-state index contributed by atoms with van der Waals surface area (Å²) in [6, 6.07) is 4.64. The molecule has 0 aliphatic rings. The molecule has 0 saturated carbocycles. The Kier molecular flexibility index (Phi) is 3.74. The van der Waals surface area contributed by atoms with Crippen LogP contribution in [-0.4, -0.2) is 11.5 Å². The molecule has 1 aromatic carbocycles. The van der Waals surface area contributed by atoms with E-state index < -0.39 is 11.1 Å². The van der Waals surface area contributed by atoms with Gasteiger partial charge in [0.1, 0.15) is 6.17 Å². The van der Waals surface area contributed by atoms with E-state index in [2.05, 4.69) is 0 Å². The van der Waals surface area contributed by atoms with Crippen molar-refractivity contribution in [2.45, 2.75) is 19.5 Å². The summed E-state index contributed by atoms with van der Waals surface area (Å²) in [5.41, 5.74) is 5.67. The second-order valence-electron chi connectivity index (χ2n) is 3.31. The number of benzene rings is 1. The highest BCUT2D eigenvalue weighted by Gasteiger charge is 2.22. The summed E-state index contributed by atoms with van der Waals surface area (Å²) in [5, 5.41) is 10.8. The van der Waals surface area contributed by atoms with Crippen LogP contribution in [0.25, 0.3) is 0 Å². The van der Waals surface area contributed by atoms with Crippen molar-refractivity contribution in [3.8, 4) is 0 Å². The number of alkyl halides is 1. The molecule has 2 N–H and O–H groups in total. The lowest BCUT2D eigenvalue weighted by Gasteiger charge is -2.08. The van der Waals surface area contributed by atoms with E-state index in [1.54, 1.807) is 19.1 Å². The average molecular weight is 212 g/mol. The number of rotatable bonds is 4. The van der Waals surface area contributed by atoms with E-state index >= 15 is 0 Å². The minimum Gasteiger partial charge on any atom is -0.330 e. The first-order chi connectivity index (χ1) is 7.07. The zero-order valence-electron chi connectivity index (χ0n) is 8.44. The van der Waals surface area contributed by atoms with Gasteiger partial charge in [0.05, 0.1) is 10.5 Å². The molecule has 15 heavy (non-hydrogen) atoms. The van der Waals surface area contributed by atoms with Crippen molar-refractivity contribution in [2.75, 3.05) is 6.54 Å². The van der Waals surface area contributed by atoms with Crippen molar-refractivity contribution in [3.05, 3.63) is 39.4 Å². The van der Waals surface area contributed by atoms with Gasteiger partial charge in [-0.1, -0.05) is 12.1 Å². The van der Waals surface area contributed by atoms with Crippen LogP contribution in [0.2, 0.25) is 0 Å². The van der Waals surface area contributed by atoms with Crippen LogP contribution in [-0.2, 0) is 0 Å². The first kappa shape index (κ1) is 11.6. The van der Waals surface area contributed by atoms with Crippen LogP contribution in [0.15, 0.2) is 18.2 Å². The lowest BCUT2D eigenvalue weighted by Crippen LogP contribution is -2.06. The van der Waals surface area contributed by atoms with Crippen molar-refractivity contribution in [1.29, 1.82) is 0 Å². The van der Waals surface area contributed by atoms with Crippen molar-refractivity contribution in [1.82, 2.24) is 0 Å². The molecule has 0 bridgehead atoms. The predicted octanol–water partition coefficient (Wildman–Crippen LogP) is 2.26. The molecular formula is C10H13FN2O2. The van der Waals surface area contributed by atoms with Gasteiger partial charge in [0.15, 0.2) is 0 Å². The van der Waals surface area contributed by atoms with Gasteiger partial charge in [-0.2, -0.15) is 0 Å². The monoisotopic (exact) mass is 212 g/mol. The largest absolute Gasteiger partial charge is 0.330 e. The van der Waals surface area contributed by atoms with Crippen LogP contribution in [0.3, 0.4) is 0 Å². The van der Waals surface area contributed by atoms with E-state index in [0.717, 1.165) is 0 Å². The Hall–Kier alpha value is -1.49. The van der Waals surface area contributed by atoms with Gasteiger partial charge in [0, 0.05) is 5.56 Å². The van der Waals surface area contributed by atoms with Gasteiger partial charge in [-0.15, -0.1) is 0 Å². The van der Waals surface area contributed by atoms with Crippen molar-refractivity contribution in [2.24, 2.45) is 5.73 Å². The third-order valence-electron chi connectivity index (χ3n) is 2.21. The molecule has 0 radical (unpaired) electrons. The summed E-state index contributed by atoms with van der Waals surface area (Å²) in [6.45, 7) is 1.77. The second-order valence-corrected chi connectivity index (χ2v) is 3.31. The highest BCUT2D eigenvalue weighted by molar-refractivity contribution is 5.48. The fourth-order valence-electron chi connectivity index (χ4n) is 1.49. The first-order valence-corrected chi connectivity index (χ1v) is 4.66. The molecule has 0 amide bonds. The molecule has 0 aliphatic heterocycles. The normalized spacial score (nSPS) is 12.5. The number of hydrogen-bond donors (Lipinski definition) is 1. The molecular weight excluding hydrogens is 199 g/mol. The fraction of sp³-hybridized carbons (Fsp3) is 0.400. The third-order valence-corrected chi connectivity index (χ3v) is 2.21. The zero-order valence-corrected chi connectivity index (χ0v) is 8.44. The standard InChI is InChI=1S/C10H13FN2O2/c1-7-3-2-4-8(9(11)5-6-12)10(7)13(14)15/h2-4,9H,5-6,12H2,1H3. The minimum atomic E-state index is -1.37. The fourth-order valence-corrected chi connectivity index (χ4v) is 1.49. The van der Waals surface area contributed by atoms with E-state index in [1.165, 1.54) is 6.07 Å². The van der Waals surface area contributed by atoms with Gasteiger partial charge in [-0.05, 0) is 26.0 Å². The first-order valence-electron chi connectivity index (χ1n) is 4.66. The molecule has 1 rings (SSSR count). The van der Waals surface area contributed by atoms with Crippen LogP contribution in [0, 0.1) is 17.0 Å². The molecule has 0 spiro atoms. The molecule has 1 atom stereocenters. The lowest BCUT2D eigenvalue weighted by atomic mass is 10.0. The summed E-state index contributed by atoms with van der Waals surface area (Å²) in [4.78, 5) is 10.2. The average Bonchev–Trinajstić information content (AvgIpc) is 2.17. The number of nitro benzene ring substituents is 1. The highest BCUT2D eigenvalue weighted by Crippen LogP contribution is 2.31. The van der Waals surface area contributed by atoms with Crippen LogP contribution < -0.4 is 5.73 Å². The number of aryl methyl sites for hydroxylation is 1. The molecule has 0 saturated heterocycles.